The van der Waals surface area contributed by atoms with Crippen LogP contribution in [-0.4, -0.2) is 47.0 Å². The molecule has 3 aromatic rings. The highest BCUT2D eigenvalue weighted by Crippen LogP contribution is 2.23. The Morgan fingerprint density at radius 3 is 2.67 bits per heavy atom. The monoisotopic (exact) mass is 445 g/mol. The van der Waals surface area contributed by atoms with Crippen LogP contribution in [0.1, 0.15) is 41.5 Å². The standard InChI is InChI=1S/C20H23N5O3S2/c1-29-13-11-17(19-23-22-18-4-2-3-12-25(18)19)21-20(26)14-5-9-16(10-6-14)30(27,28)24-15-7-8-15/h2-6,9-10,12,15,17,24H,7-8,11,13H2,1H3,(H,21,26). The summed E-state index contributed by atoms with van der Waals surface area (Å²) >= 11 is 1.69. The van der Waals surface area contributed by atoms with Gasteiger partial charge in [0.15, 0.2) is 11.5 Å². The van der Waals surface area contributed by atoms with Gasteiger partial charge in [0.1, 0.15) is 0 Å². The molecule has 1 fully saturated rings. The second-order valence-corrected chi connectivity index (χ2v) is 9.91. The van der Waals surface area contributed by atoms with E-state index in [4.69, 9.17) is 0 Å². The van der Waals surface area contributed by atoms with Crippen molar-refractivity contribution in [2.75, 3.05) is 12.0 Å². The van der Waals surface area contributed by atoms with Gasteiger partial charge >= 0.3 is 0 Å². The number of nitrogens with one attached hydrogen (secondary N) is 2. The van der Waals surface area contributed by atoms with Gasteiger partial charge in [0, 0.05) is 17.8 Å². The average Bonchev–Trinajstić information content (AvgIpc) is 3.45. The van der Waals surface area contributed by atoms with Gasteiger partial charge in [-0.3, -0.25) is 9.20 Å². The molecular formula is C20H23N5O3S2. The molecule has 1 atom stereocenters. The van der Waals surface area contributed by atoms with Gasteiger partial charge < -0.3 is 5.32 Å². The predicted octanol–water partition coefficient (Wildman–Crippen LogP) is 2.39. The van der Waals surface area contributed by atoms with Crippen molar-refractivity contribution < 1.29 is 13.2 Å². The van der Waals surface area contributed by atoms with Crippen LogP contribution >= 0.6 is 11.8 Å². The van der Waals surface area contributed by atoms with E-state index in [0.29, 0.717) is 23.5 Å². The number of nitrogens with zero attached hydrogens (tertiary/aromatic N) is 3. The Bertz CT molecular complexity index is 1140. The van der Waals surface area contributed by atoms with Gasteiger partial charge in [0.05, 0.1) is 10.9 Å². The number of aromatic nitrogens is 3. The maximum absolute atomic E-state index is 12.9. The summed E-state index contributed by atoms with van der Waals surface area (Å²) in [5.41, 5.74) is 1.11. The third-order valence-electron chi connectivity index (χ3n) is 4.89. The van der Waals surface area contributed by atoms with E-state index in [9.17, 15) is 13.2 Å². The predicted molar refractivity (Wildman–Crippen MR) is 116 cm³/mol. The zero-order valence-electron chi connectivity index (χ0n) is 16.5. The Kier molecular flexibility index (Phi) is 6.07. The molecule has 1 aliphatic rings. The van der Waals surface area contributed by atoms with E-state index in [1.165, 1.54) is 24.3 Å². The molecule has 0 saturated heterocycles. The Labute approximate surface area is 179 Å². The molecule has 0 bridgehead atoms. The summed E-state index contributed by atoms with van der Waals surface area (Å²) in [4.78, 5) is 13.0. The molecule has 1 aromatic carbocycles. The number of amides is 1. The average molecular weight is 446 g/mol. The number of thioether (sulfide) groups is 1. The van der Waals surface area contributed by atoms with E-state index in [2.05, 4.69) is 20.2 Å². The number of hydrogen-bond donors (Lipinski definition) is 2. The molecule has 1 saturated carbocycles. The van der Waals surface area contributed by atoms with Crippen LogP contribution in [-0.2, 0) is 10.0 Å². The zero-order chi connectivity index (χ0) is 21.1. The molecule has 2 heterocycles. The zero-order valence-corrected chi connectivity index (χ0v) is 18.1. The number of hydrogen-bond acceptors (Lipinski definition) is 6. The van der Waals surface area contributed by atoms with Crippen molar-refractivity contribution in [1.82, 2.24) is 24.6 Å². The van der Waals surface area contributed by atoms with E-state index < -0.39 is 10.0 Å². The highest BCUT2D eigenvalue weighted by molar-refractivity contribution is 7.98. The molecule has 0 radical (unpaired) electrons. The molecule has 10 heteroatoms. The first kappa shape index (κ1) is 20.8. The quantitative estimate of drug-likeness (QED) is 0.524. The fraction of sp³-hybridized carbons (Fsp3) is 0.350. The lowest BCUT2D eigenvalue weighted by Crippen LogP contribution is -2.30. The number of benzene rings is 1. The van der Waals surface area contributed by atoms with Crippen LogP contribution in [0.2, 0.25) is 0 Å². The van der Waals surface area contributed by atoms with Gasteiger partial charge in [0.25, 0.3) is 5.91 Å². The number of pyridine rings is 1. The summed E-state index contributed by atoms with van der Waals surface area (Å²) < 4.78 is 29.1. The first-order valence-corrected chi connectivity index (χ1v) is 12.6. The van der Waals surface area contributed by atoms with Gasteiger partial charge in [-0.05, 0) is 67.7 Å². The van der Waals surface area contributed by atoms with E-state index in [1.807, 2.05) is 35.1 Å². The lowest BCUT2D eigenvalue weighted by atomic mass is 10.1. The molecule has 2 aromatic heterocycles. The summed E-state index contributed by atoms with van der Waals surface area (Å²) in [6.07, 6.45) is 6.31. The molecule has 4 rings (SSSR count). The molecule has 0 aliphatic heterocycles. The number of carbonyl (C=O) groups is 1. The normalized spacial score (nSPS) is 15.2. The van der Waals surface area contributed by atoms with Crippen LogP contribution in [0.5, 0.6) is 0 Å². The third-order valence-corrected chi connectivity index (χ3v) is 7.07. The van der Waals surface area contributed by atoms with Crippen molar-refractivity contribution in [3.63, 3.8) is 0 Å². The SMILES string of the molecule is CSCCC(NC(=O)c1ccc(S(=O)(=O)NC2CC2)cc1)c1nnc2ccccn12. The fourth-order valence-corrected chi connectivity index (χ4v) is 4.89. The largest absolute Gasteiger partial charge is 0.342 e. The Balaban J connectivity index is 1.52. The Morgan fingerprint density at radius 2 is 1.97 bits per heavy atom. The molecule has 1 unspecified atom stereocenters. The second kappa shape index (κ2) is 8.75. The van der Waals surface area contributed by atoms with Crippen LogP contribution < -0.4 is 10.0 Å². The summed E-state index contributed by atoms with van der Waals surface area (Å²) in [6.45, 7) is 0. The molecule has 30 heavy (non-hydrogen) atoms. The minimum absolute atomic E-state index is 0.0353. The number of fused-ring (bicyclic) bond motifs is 1. The molecule has 1 amide bonds. The molecule has 8 nitrogen and oxygen atoms in total. The summed E-state index contributed by atoms with van der Waals surface area (Å²) in [5.74, 6) is 1.23. The highest BCUT2D eigenvalue weighted by atomic mass is 32.2. The van der Waals surface area contributed by atoms with Crippen molar-refractivity contribution in [3.8, 4) is 0 Å². The minimum Gasteiger partial charge on any atom is -0.342 e. The van der Waals surface area contributed by atoms with Crippen molar-refractivity contribution in [2.45, 2.75) is 36.2 Å². The first-order valence-electron chi connectivity index (χ1n) is 9.70. The molecule has 2 N–H and O–H groups in total. The van der Waals surface area contributed by atoms with Crippen molar-refractivity contribution >= 4 is 33.3 Å². The maximum atomic E-state index is 12.9. The van der Waals surface area contributed by atoms with Crippen molar-refractivity contribution in [3.05, 3.63) is 60.0 Å². The van der Waals surface area contributed by atoms with Gasteiger partial charge in [-0.2, -0.15) is 11.8 Å². The van der Waals surface area contributed by atoms with Gasteiger partial charge in [-0.15, -0.1) is 10.2 Å². The third kappa shape index (κ3) is 4.66. The van der Waals surface area contributed by atoms with Gasteiger partial charge in [-0.1, -0.05) is 6.07 Å². The highest BCUT2D eigenvalue weighted by Gasteiger charge is 2.28. The van der Waals surface area contributed by atoms with E-state index in [0.717, 1.165) is 18.6 Å². The Hall–Kier alpha value is -2.43. The van der Waals surface area contributed by atoms with Crippen LogP contribution in [0.25, 0.3) is 5.65 Å². The second-order valence-electron chi connectivity index (χ2n) is 7.21. The molecule has 158 valence electrons. The van der Waals surface area contributed by atoms with Crippen LogP contribution in [0.4, 0.5) is 0 Å². The number of sulfonamides is 1. The minimum atomic E-state index is -3.54. The Morgan fingerprint density at radius 1 is 1.20 bits per heavy atom. The molecule has 0 spiro atoms. The lowest BCUT2D eigenvalue weighted by molar-refractivity contribution is 0.0933. The molecule has 1 aliphatic carbocycles. The van der Waals surface area contributed by atoms with Crippen LogP contribution in [0.15, 0.2) is 53.6 Å². The first-order chi connectivity index (χ1) is 14.5. The van der Waals surface area contributed by atoms with Crippen LogP contribution in [0.3, 0.4) is 0 Å². The molecular weight excluding hydrogens is 422 g/mol. The maximum Gasteiger partial charge on any atom is 0.251 e. The van der Waals surface area contributed by atoms with Crippen molar-refractivity contribution in [2.24, 2.45) is 0 Å². The lowest BCUT2D eigenvalue weighted by Gasteiger charge is -2.17. The fourth-order valence-electron chi connectivity index (χ4n) is 3.11. The van der Waals surface area contributed by atoms with Crippen LogP contribution in [0, 0.1) is 0 Å². The summed E-state index contributed by atoms with van der Waals surface area (Å²) in [6, 6.07) is 11.3. The van der Waals surface area contributed by atoms with Gasteiger partial charge in [0.2, 0.25) is 10.0 Å². The number of rotatable bonds is 9. The van der Waals surface area contributed by atoms with E-state index in [-0.39, 0.29) is 22.9 Å². The van der Waals surface area contributed by atoms with Gasteiger partial charge in [-0.25, -0.2) is 13.1 Å². The number of carbonyl (C=O) groups excluding carboxylic acids is 1. The smallest absolute Gasteiger partial charge is 0.251 e. The summed E-state index contributed by atoms with van der Waals surface area (Å²) in [7, 11) is -3.54. The van der Waals surface area contributed by atoms with Crippen molar-refractivity contribution in [1.29, 1.82) is 0 Å². The topological polar surface area (TPSA) is 105 Å². The van der Waals surface area contributed by atoms with E-state index in [1.54, 1.807) is 11.8 Å². The summed E-state index contributed by atoms with van der Waals surface area (Å²) in [5, 5.41) is 11.5. The van der Waals surface area contributed by atoms with E-state index >= 15 is 0 Å².